The molecule has 172 valence electrons. The molecule has 0 radical (unpaired) electrons. The van der Waals surface area contributed by atoms with Crippen molar-refractivity contribution in [1.82, 2.24) is 0 Å². The molecule has 0 saturated carbocycles. The highest BCUT2D eigenvalue weighted by atomic mass is 79.9. The smallest absolute Gasteiger partial charge is 0.337 e. The highest BCUT2D eigenvalue weighted by Crippen LogP contribution is 2.31. The van der Waals surface area contributed by atoms with Gasteiger partial charge in [0.25, 0.3) is 15.9 Å². The monoisotopic (exact) mass is 552 g/mol. The lowest BCUT2D eigenvalue weighted by Gasteiger charge is -2.21. The molecule has 3 aromatic rings. The highest BCUT2D eigenvalue weighted by molar-refractivity contribution is 9.10. The van der Waals surface area contributed by atoms with Gasteiger partial charge in [0.05, 0.1) is 24.0 Å². The average Bonchev–Trinajstić information content (AvgIpc) is 2.79. The predicted molar refractivity (Wildman–Crippen MR) is 129 cm³/mol. The number of sulfonamides is 1. The van der Waals surface area contributed by atoms with Crippen LogP contribution < -0.4 is 14.4 Å². The van der Waals surface area contributed by atoms with Gasteiger partial charge in [-0.3, -0.25) is 9.10 Å². The minimum Gasteiger partial charge on any atom is -0.495 e. The molecule has 0 aliphatic carbocycles. The Morgan fingerprint density at radius 3 is 2.33 bits per heavy atom. The van der Waals surface area contributed by atoms with Gasteiger partial charge >= 0.3 is 5.97 Å². The number of nitrogens with zero attached hydrogens (tertiary/aromatic N) is 1. The largest absolute Gasteiger partial charge is 0.495 e. The SMILES string of the molecule is COc1ccc(C(=O)Nc2ccc(Br)cc2C(=O)O)cc1S(=O)(=O)N(C)c1ccc(Cl)cc1. The maximum absolute atomic E-state index is 13.3. The Hall–Kier alpha value is -3.08. The van der Waals surface area contributed by atoms with Crippen molar-refractivity contribution in [3.8, 4) is 5.75 Å². The molecule has 33 heavy (non-hydrogen) atoms. The molecule has 0 bridgehead atoms. The van der Waals surface area contributed by atoms with Gasteiger partial charge in [-0.25, -0.2) is 13.2 Å². The molecule has 2 N–H and O–H groups in total. The summed E-state index contributed by atoms with van der Waals surface area (Å²) in [5.74, 6) is -1.87. The molecule has 0 spiro atoms. The van der Waals surface area contributed by atoms with Crippen LogP contribution in [-0.2, 0) is 10.0 Å². The van der Waals surface area contributed by atoms with E-state index in [4.69, 9.17) is 16.3 Å². The average molecular weight is 554 g/mol. The number of hydrogen-bond acceptors (Lipinski definition) is 5. The van der Waals surface area contributed by atoms with Crippen molar-refractivity contribution in [3.63, 3.8) is 0 Å². The number of benzene rings is 3. The Morgan fingerprint density at radius 2 is 1.73 bits per heavy atom. The summed E-state index contributed by atoms with van der Waals surface area (Å²) in [4.78, 5) is 24.1. The van der Waals surface area contributed by atoms with E-state index in [0.29, 0.717) is 15.2 Å². The van der Waals surface area contributed by atoms with Crippen molar-refractivity contribution in [3.05, 3.63) is 81.3 Å². The first-order valence-corrected chi connectivity index (χ1v) is 11.9. The first kappa shape index (κ1) is 24.6. The lowest BCUT2D eigenvalue weighted by Crippen LogP contribution is -2.27. The van der Waals surface area contributed by atoms with E-state index in [2.05, 4.69) is 21.2 Å². The van der Waals surface area contributed by atoms with Crippen molar-refractivity contribution >= 4 is 60.8 Å². The number of amides is 1. The summed E-state index contributed by atoms with van der Waals surface area (Å²) in [5.41, 5.74) is 0.297. The predicted octanol–water partition coefficient (Wildman–Crippen LogP) is 4.89. The zero-order valence-corrected chi connectivity index (χ0v) is 20.5. The number of carbonyl (C=O) groups is 2. The van der Waals surface area contributed by atoms with Gasteiger partial charge in [0.2, 0.25) is 0 Å². The molecule has 0 unspecified atom stereocenters. The Balaban J connectivity index is 1.99. The second kappa shape index (κ2) is 9.82. The van der Waals surface area contributed by atoms with Crippen molar-refractivity contribution < 1.29 is 27.9 Å². The molecule has 0 aromatic heterocycles. The van der Waals surface area contributed by atoms with Gasteiger partial charge in [0, 0.05) is 22.1 Å². The van der Waals surface area contributed by atoms with Gasteiger partial charge in [-0.05, 0) is 60.7 Å². The molecule has 0 aliphatic heterocycles. The quantitative estimate of drug-likeness (QED) is 0.431. The first-order valence-electron chi connectivity index (χ1n) is 9.31. The fraction of sp³-hybridized carbons (Fsp3) is 0.0909. The number of carboxylic acid groups (broad SMARTS) is 1. The fourth-order valence-corrected chi connectivity index (χ4v) is 4.82. The van der Waals surface area contributed by atoms with Crippen LogP contribution in [0.25, 0.3) is 0 Å². The number of rotatable bonds is 7. The lowest BCUT2D eigenvalue weighted by molar-refractivity contribution is 0.0698. The third kappa shape index (κ3) is 5.29. The van der Waals surface area contributed by atoms with Crippen LogP contribution in [0.15, 0.2) is 70.0 Å². The van der Waals surface area contributed by atoms with E-state index in [-0.39, 0.29) is 27.5 Å². The van der Waals surface area contributed by atoms with E-state index in [1.54, 1.807) is 30.3 Å². The summed E-state index contributed by atoms with van der Waals surface area (Å²) in [5, 5.41) is 12.4. The third-order valence-corrected chi connectivity index (χ3v) is 7.27. The highest BCUT2D eigenvalue weighted by Gasteiger charge is 2.27. The zero-order valence-electron chi connectivity index (χ0n) is 17.4. The number of nitrogens with one attached hydrogen (secondary N) is 1. The molecule has 0 aliphatic rings. The molecule has 0 fully saturated rings. The standard InChI is InChI=1S/C22H18BrClN2O6S/c1-26(16-7-5-15(24)6-8-16)33(30,31)20-11-13(3-10-19(20)32-2)21(27)25-18-9-4-14(23)12-17(18)22(28)29/h3-12H,1-2H3,(H,25,27)(H,28,29). The number of methoxy groups -OCH3 is 1. The van der Waals surface area contributed by atoms with Crippen molar-refractivity contribution in [2.24, 2.45) is 0 Å². The number of ether oxygens (including phenoxy) is 1. The van der Waals surface area contributed by atoms with Crippen molar-refractivity contribution in [2.45, 2.75) is 4.90 Å². The van der Waals surface area contributed by atoms with Crippen molar-refractivity contribution in [1.29, 1.82) is 0 Å². The Morgan fingerprint density at radius 1 is 1.06 bits per heavy atom. The molecular weight excluding hydrogens is 536 g/mol. The molecule has 0 heterocycles. The van der Waals surface area contributed by atoms with Gasteiger partial charge in [-0.1, -0.05) is 27.5 Å². The first-order chi connectivity index (χ1) is 15.5. The zero-order chi connectivity index (χ0) is 24.3. The van der Waals surface area contributed by atoms with E-state index in [1.807, 2.05) is 0 Å². The van der Waals surface area contributed by atoms with Crippen LogP contribution in [-0.4, -0.2) is 39.6 Å². The maximum Gasteiger partial charge on any atom is 0.337 e. The summed E-state index contributed by atoms with van der Waals surface area (Å²) in [7, 11) is -1.44. The summed E-state index contributed by atoms with van der Waals surface area (Å²) < 4.78 is 33.4. The minimum absolute atomic E-state index is 0.00172. The topological polar surface area (TPSA) is 113 Å². The summed E-state index contributed by atoms with van der Waals surface area (Å²) >= 11 is 9.08. The Labute approximate surface area is 203 Å². The van der Waals surface area contributed by atoms with Gasteiger partial charge in [0.1, 0.15) is 10.6 Å². The van der Waals surface area contributed by atoms with Crippen molar-refractivity contribution in [2.75, 3.05) is 23.8 Å². The fourth-order valence-electron chi connectivity index (χ4n) is 2.95. The summed E-state index contributed by atoms with van der Waals surface area (Å²) in [6.45, 7) is 0. The van der Waals surface area contributed by atoms with Crippen LogP contribution >= 0.6 is 27.5 Å². The van der Waals surface area contributed by atoms with E-state index >= 15 is 0 Å². The number of aromatic carboxylic acids is 1. The molecule has 11 heteroatoms. The van der Waals surface area contributed by atoms with Crippen LogP contribution in [0.1, 0.15) is 20.7 Å². The molecule has 3 aromatic carbocycles. The van der Waals surface area contributed by atoms with Crippen LogP contribution in [0.4, 0.5) is 11.4 Å². The molecule has 1 amide bonds. The van der Waals surface area contributed by atoms with Crippen LogP contribution in [0.2, 0.25) is 5.02 Å². The molecule has 3 rings (SSSR count). The molecular formula is C22H18BrClN2O6S. The second-order valence-corrected chi connectivity index (χ2v) is 10.1. The normalized spacial score (nSPS) is 11.0. The van der Waals surface area contributed by atoms with E-state index in [9.17, 15) is 23.1 Å². The number of anilines is 2. The number of carboxylic acids is 1. The lowest BCUT2D eigenvalue weighted by atomic mass is 10.1. The van der Waals surface area contributed by atoms with Crippen LogP contribution in [0.5, 0.6) is 5.75 Å². The number of hydrogen-bond donors (Lipinski definition) is 2. The van der Waals surface area contributed by atoms with E-state index in [0.717, 1.165) is 4.31 Å². The summed E-state index contributed by atoms with van der Waals surface area (Å²) in [6, 6.07) is 14.5. The van der Waals surface area contributed by atoms with Gasteiger partial charge in [0.15, 0.2) is 0 Å². The third-order valence-electron chi connectivity index (χ3n) is 4.71. The van der Waals surface area contributed by atoms with Crippen LogP contribution in [0.3, 0.4) is 0 Å². The maximum atomic E-state index is 13.3. The molecule has 8 nitrogen and oxygen atoms in total. The van der Waals surface area contributed by atoms with E-state index < -0.39 is 21.9 Å². The van der Waals surface area contributed by atoms with Gasteiger partial charge in [-0.2, -0.15) is 0 Å². The summed E-state index contributed by atoms with van der Waals surface area (Å²) in [6.07, 6.45) is 0. The van der Waals surface area contributed by atoms with Gasteiger partial charge in [-0.15, -0.1) is 0 Å². The molecule has 0 atom stereocenters. The second-order valence-electron chi connectivity index (χ2n) is 6.76. The minimum atomic E-state index is -4.12. The Bertz CT molecular complexity index is 1330. The molecule has 0 saturated heterocycles. The van der Waals surface area contributed by atoms with Gasteiger partial charge < -0.3 is 15.2 Å². The Kier molecular flexibility index (Phi) is 7.31. The van der Waals surface area contributed by atoms with E-state index in [1.165, 1.54) is 44.5 Å². The van der Waals surface area contributed by atoms with Crippen LogP contribution in [0, 0.1) is 0 Å². The number of halogens is 2. The number of carbonyl (C=O) groups excluding carboxylic acids is 1.